The predicted molar refractivity (Wildman–Crippen MR) is 131 cm³/mol. The van der Waals surface area contributed by atoms with Gasteiger partial charge in [-0.15, -0.1) is 0 Å². The van der Waals surface area contributed by atoms with Crippen LogP contribution in [-0.4, -0.2) is 42.9 Å². The second-order valence-corrected chi connectivity index (χ2v) is 8.08. The zero-order chi connectivity index (χ0) is 23.4. The number of hydrogen-bond donors (Lipinski definition) is 2. The van der Waals surface area contributed by atoms with Crippen molar-refractivity contribution in [2.75, 3.05) is 24.3 Å². The van der Waals surface area contributed by atoms with Gasteiger partial charge in [0, 0.05) is 31.9 Å². The summed E-state index contributed by atoms with van der Waals surface area (Å²) in [7, 11) is 3.63. The van der Waals surface area contributed by atoms with Crippen LogP contribution in [0.25, 0.3) is 0 Å². The number of hydrogen-bond acceptors (Lipinski definition) is 4. The molecule has 1 heterocycles. The Balaban J connectivity index is 1.64. The normalized spacial score (nSPS) is 15.2. The van der Waals surface area contributed by atoms with Crippen LogP contribution in [-0.2, 0) is 11.3 Å². The molecule has 168 valence electrons. The van der Waals surface area contributed by atoms with Crippen molar-refractivity contribution in [1.82, 2.24) is 10.2 Å². The number of amides is 3. The number of urea groups is 1. The van der Waals surface area contributed by atoms with E-state index in [0.717, 1.165) is 22.4 Å². The molecule has 0 aliphatic carbocycles. The number of carbonyl (C=O) groups is 2. The molecule has 3 amide bonds. The van der Waals surface area contributed by atoms with Crippen molar-refractivity contribution >= 4 is 29.1 Å². The van der Waals surface area contributed by atoms with E-state index in [0.29, 0.717) is 18.1 Å². The zero-order valence-electron chi connectivity index (χ0n) is 18.9. The SMILES string of the molecule is Cc1cccc(NC(=O)NC2N=C(N(C)Cc3ccccc3)c3ccccc3N(C)C2=O)c1. The van der Waals surface area contributed by atoms with Crippen molar-refractivity contribution < 1.29 is 9.59 Å². The van der Waals surface area contributed by atoms with E-state index in [1.165, 1.54) is 0 Å². The molecule has 1 atom stereocenters. The highest BCUT2D eigenvalue weighted by Gasteiger charge is 2.31. The van der Waals surface area contributed by atoms with Gasteiger partial charge in [0.05, 0.1) is 5.69 Å². The second-order valence-electron chi connectivity index (χ2n) is 8.08. The van der Waals surface area contributed by atoms with E-state index in [9.17, 15) is 9.59 Å². The lowest BCUT2D eigenvalue weighted by molar-refractivity contribution is -0.119. The number of benzodiazepines with no additional fused rings is 1. The Bertz CT molecular complexity index is 1190. The van der Waals surface area contributed by atoms with E-state index in [2.05, 4.69) is 10.6 Å². The van der Waals surface area contributed by atoms with Crippen molar-refractivity contribution in [2.45, 2.75) is 19.6 Å². The molecule has 0 spiro atoms. The van der Waals surface area contributed by atoms with Crippen LogP contribution in [0.15, 0.2) is 83.9 Å². The number of nitrogens with zero attached hydrogens (tertiary/aromatic N) is 3. The Labute approximate surface area is 193 Å². The number of anilines is 2. The smallest absolute Gasteiger partial charge is 0.321 e. The first kappa shape index (κ1) is 22.1. The van der Waals surface area contributed by atoms with Crippen LogP contribution in [0.4, 0.5) is 16.2 Å². The van der Waals surface area contributed by atoms with Gasteiger partial charge in [0.15, 0.2) is 0 Å². The monoisotopic (exact) mass is 441 g/mol. The van der Waals surface area contributed by atoms with Gasteiger partial charge in [-0.3, -0.25) is 4.79 Å². The lowest BCUT2D eigenvalue weighted by Gasteiger charge is -2.23. The molecule has 3 aromatic rings. The maximum atomic E-state index is 13.2. The molecule has 0 fully saturated rings. The molecule has 7 heteroatoms. The number of fused-ring (bicyclic) bond motifs is 1. The minimum atomic E-state index is -1.07. The third kappa shape index (κ3) is 5.03. The molecule has 0 bridgehead atoms. The van der Waals surface area contributed by atoms with E-state index in [1.54, 1.807) is 18.0 Å². The van der Waals surface area contributed by atoms with Crippen molar-refractivity contribution in [2.24, 2.45) is 4.99 Å². The zero-order valence-corrected chi connectivity index (χ0v) is 18.9. The highest BCUT2D eigenvalue weighted by atomic mass is 16.2. The summed E-state index contributed by atoms with van der Waals surface area (Å²) in [6.45, 7) is 2.55. The van der Waals surface area contributed by atoms with Gasteiger partial charge in [0.1, 0.15) is 5.84 Å². The fraction of sp³-hybridized carbons (Fsp3) is 0.192. The number of aryl methyl sites for hydroxylation is 1. The first-order chi connectivity index (χ1) is 15.9. The molecule has 1 unspecified atom stereocenters. The Hall–Kier alpha value is -4.13. The quantitative estimate of drug-likeness (QED) is 0.643. The van der Waals surface area contributed by atoms with Gasteiger partial charge in [-0.25, -0.2) is 9.79 Å². The molecule has 0 aromatic heterocycles. The first-order valence-electron chi connectivity index (χ1n) is 10.8. The van der Waals surface area contributed by atoms with Crippen molar-refractivity contribution in [3.05, 3.63) is 95.6 Å². The maximum absolute atomic E-state index is 13.2. The summed E-state index contributed by atoms with van der Waals surface area (Å²) < 4.78 is 0. The average Bonchev–Trinajstić information content (AvgIpc) is 2.90. The molecule has 0 radical (unpaired) electrons. The number of aliphatic imine (C=N–C) groups is 1. The van der Waals surface area contributed by atoms with Crippen molar-refractivity contribution in [3.8, 4) is 0 Å². The van der Waals surface area contributed by atoms with Crippen molar-refractivity contribution in [3.63, 3.8) is 0 Å². The van der Waals surface area contributed by atoms with Crippen LogP contribution in [0.1, 0.15) is 16.7 Å². The summed E-state index contributed by atoms with van der Waals surface area (Å²) in [5.41, 5.74) is 4.36. The average molecular weight is 442 g/mol. The van der Waals surface area contributed by atoms with Crippen LogP contribution in [0.5, 0.6) is 0 Å². The molecular weight excluding hydrogens is 414 g/mol. The molecule has 33 heavy (non-hydrogen) atoms. The Morgan fingerprint density at radius 1 is 1.03 bits per heavy atom. The third-order valence-electron chi connectivity index (χ3n) is 5.49. The number of benzene rings is 3. The molecule has 2 N–H and O–H groups in total. The largest absolute Gasteiger partial charge is 0.355 e. The molecule has 1 aliphatic rings. The van der Waals surface area contributed by atoms with Gasteiger partial charge in [0.2, 0.25) is 6.17 Å². The number of para-hydroxylation sites is 1. The van der Waals surface area contributed by atoms with Gasteiger partial charge < -0.3 is 20.4 Å². The van der Waals surface area contributed by atoms with Gasteiger partial charge in [0.25, 0.3) is 5.91 Å². The number of carbonyl (C=O) groups excluding carboxylic acids is 2. The van der Waals surface area contributed by atoms with E-state index >= 15 is 0 Å². The van der Waals surface area contributed by atoms with Crippen LogP contribution < -0.4 is 15.5 Å². The van der Waals surface area contributed by atoms with Crippen LogP contribution in [0, 0.1) is 6.92 Å². The van der Waals surface area contributed by atoms with E-state index in [4.69, 9.17) is 4.99 Å². The molecule has 1 aliphatic heterocycles. The number of likely N-dealkylation sites (N-methyl/N-ethyl adjacent to an activating group) is 1. The molecule has 3 aromatic carbocycles. The van der Waals surface area contributed by atoms with Gasteiger partial charge in [-0.1, -0.05) is 54.6 Å². The highest BCUT2D eigenvalue weighted by molar-refractivity contribution is 6.12. The van der Waals surface area contributed by atoms with Gasteiger partial charge in [-0.2, -0.15) is 0 Å². The van der Waals surface area contributed by atoms with Gasteiger partial charge >= 0.3 is 6.03 Å². The summed E-state index contributed by atoms with van der Waals surface area (Å²) >= 11 is 0. The molecule has 7 nitrogen and oxygen atoms in total. The fourth-order valence-corrected chi connectivity index (χ4v) is 3.85. The summed E-state index contributed by atoms with van der Waals surface area (Å²) in [6.07, 6.45) is -1.07. The minimum Gasteiger partial charge on any atom is -0.355 e. The Morgan fingerprint density at radius 3 is 2.52 bits per heavy atom. The van der Waals surface area contributed by atoms with Crippen LogP contribution >= 0.6 is 0 Å². The Morgan fingerprint density at radius 2 is 1.76 bits per heavy atom. The second kappa shape index (κ2) is 9.56. The minimum absolute atomic E-state index is 0.315. The standard InChI is InChI=1S/C26H27N5O2/c1-18-10-9-13-20(16-18)27-26(33)29-23-25(32)31(3)22-15-8-7-14-21(22)24(28-23)30(2)17-19-11-5-4-6-12-19/h4-16,23H,17H2,1-3H3,(H2,27,29,33). The third-order valence-corrected chi connectivity index (χ3v) is 5.49. The first-order valence-corrected chi connectivity index (χ1v) is 10.8. The van der Waals surface area contributed by atoms with Crippen LogP contribution in [0.3, 0.4) is 0 Å². The fourth-order valence-electron chi connectivity index (χ4n) is 3.85. The number of amidine groups is 1. The van der Waals surface area contributed by atoms with Gasteiger partial charge in [-0.05, 0) is 42.3 Å². The van der Waals surface area contributed by atoms with E-state index < -0.39 is 12.2 Å². The summed E-state index contributed by atoms with van der Waals surface area (Å²) in [6, 6.07) is 24.6. The molecule has 0 saturated heterocycles. The lowest BCUT2D eigenvalue weighted by Crippen LogP contribution is -2.47. The molecular formula is C26H27N5O2. The van der Waals surface area contributed by atoms with E-state index in [1.807, 2.05) is 91.7 Å². The molecule has 0 saturated carbocycles. The highest BCUT2D eigenvalue weighted by Crippen LogP contribution is 2.26. The Kier molecular flexibility index (Phi) is 6.40. The van der Waals surface area contributed by atoms with Crippen LogP contribution in [0.2, 0.25) is 0 Å². The lowest BCUT2D eigenvalue weighted by atomic mass is 10.1. The summed E-state index contributed by atoms with van der Waals surface area (Å²) in [4.78, 5) is 34.2. The number of rotatable bonds is 4. The maximum Gasteiger partial charge on any atom is 0.321 e. The van der Waals surface area contributed by atoms with E-state index in [-0.39, 0.29) is 5.91 Å². The summed E-state index contributed by atoms with van der Waals surface area (Å²) in [5.74, 6) is 0.318. The molecule has 4 rings (SSSR count). The summed E-state index contributed by atoms with van der Waals surface area (Å²) in [5, 5.41) is 5.52. The topological polar surface area (TPSA) is 77.0 Å². The predicted octanol–water partition coefficient (Wildman–Crippen LogP) is 4.00. The number of nitrogens with one attached hydrogen (secondary N) is 2. The van der Waals surface area contributed by atoms with Crippen molar-refractivity contribution in [1.29, 1.82) is 0 Å².